The Hall–Kier alpha value is -1.54. The molecular formula is C16H16ClFO. The smallest absolute Gasteiger partial charge is 0.128 e. The molecule has 0 spiro atoms. The lowest BCUT2D eigenvalue weighted by molar-refractivity contribution is 0.414. The van der Waals surface area contributed by atoms with E-state index in [-0.39, 0.29) is 11.2 Å². The molecule has 0 heterocycles. The Kier molecular flexibility index (Phi) is 4.43. The summed E-state index contributed by atoms with van der Waals surface area (Å²) >= 11 is 6.30. The topological polar surface area (TPSA) is 9.23 Å². The zero-order valence-electron chi connectivity index (χ0n) is 11.0. The number of methoxy groups -OCH3 is 1. The predicted molar refractivity (Wildman–Crippen MR) is 76.4 cm³/mol. The van der Waals surface area contributed by atoms with E-state index in [0.717, 1.165) is 16.9 Å². The summed E-state index contributed by atoms with van der Waals surface area (Å²) < 4.78 is 18.9. The van der Waals surface area contributed by atoms with Crippen LogP contribution in [0.5, 0.6) is 5.75 Å². The van der Waals surface area contributed by atoms with Gasteiger partial charge >= 0.3 is 0 Å². The fourth-order valence-corrected chi connectivity index (χ4v) is 2.32. The first-order valence-corrected chi connectivity index (χ1v) is 6.57. The lowest BCUT2D eigenvalue weighted by Gasteiger charge is -2.12. The Balaban J connectivity index is 2.13. The van der Waals surface area contributed by atoms with E-state index in [1.165, 1.54) is 6.07 Å². The molecule has 19 heavy (non-hydrogen) atoms. The van der Waals surface area contributed by atoms with E-state index >= 15 is 0 Å². The van der Waals surface area contributed by atoms with Gasteiger partial charge < -0.3 is 4.74 Å². The normalized spacial score (nSPS) is 12.2. The SMILES string of the molecule is COc1ccc(CC(Cl)c2ccc(C)cc2F)cc1. The fraction of sp³-hybridized carbons (Fsp3) is 0.250. The standard InChI is InChI=1S/C16H16ClFO/c1-11-3-8-14(16(18)9-11)15(17)10-12-4-6-13(19-2)7-5-12/h3-9,15H,10H2,1-2H3. The van der Waals surface area contributed by atoms with Crippen molar-refractivity contribution in [2.45, 2.75) is 18.7 Å². The summed E-state index contributed by atoms with van der Waals surface area (Å²) in [6.07, 6.45) is 0.589. The number of aryl methyl sites for hydroxylation is 1. The molecule has 0 saturated heterocycles. The zero-order chi connectivity index (χ0) is 13.8. The van der Waals surface area contributed by atoms with Crippen LogP contribution in [0.25, 0.3) is 0 Å². The van der Waals surface area contributed by atoms with Gasteiger partial charge in [-0.15, -0.1) is 11.6 Å². The van der Waals surface area contributed by atoms with Crippen LogP contribution >= 0.6 is 11.6 Å². The van der Waals surface area contributed by atoms with Crippen molar-refractivity contribution in [1.29, 1.82) is 0 Å². The maximum absolute atomic E-state index is 13.8. The molecule has 0 aliphatic rings. The van der Waals surface area contributed by atoms with Crippen LogP contribution in [0.15, 0.2) is 42.5 Å². The molecule has 2 rings (SSSR count). The summed E-state index contributed by atoms with van der Waals surface area (Å²) in [5.74, 6) is 0.560. The van der Waals surface area contributed by atoms with Crippen molar-refractivity contribution in [2.75, 3.05) is 7.11 Å². The summed E-state index contributed by atoms with van der Waals surface area (Å²) in [7, 11) is 1.63. The lowest BCUT2D eigenvalue weighted by atomic mass is 10.0. The Labute approximate surface area is 118 Å². The van der Waals surface area contributed by atoms with E-state index < -0.39 is 0 Å². The van der Waals surface area contributed by atoms with Crippen molar-refractivity contribution in [2.24, 2.45) is 0 Å². The molecule has 0 aliphatic carbocycles. The van der Waals surface area contributed by atoms with Gasteiger partial charge in [0.25, 0.3) is 0 Å². The first kappa shape index (κ1) is 13.9. The summed E-state index contributed by atoms with van der Waals surface area (Å²) in [6, 6.07) is 12.8. The molecule has 2 aromatic rings. The summed E-state index contributed by atoms with van der Waals surface area (Å²) in [5.41, 5.74) is 2.50. The van der Waals surface area contributed by atoms with E-state index in [9.17, 15) is 4.39 Å². The van der Waals surface area contributed by atoms with Gasteiger partial charge in [-0.25, -0.2) is 4.39 Å². The van der Waals surface area contributed by atoms with Crippen LogP contribution in [-0.2, 0) is 6.42 Å². The Bertz CT molecular complexity index is 551. The third-order valence-corrected chi connectivity index (χ3v) is 3.46. The van der Waals surface area contributed by atoms with Gasteiger partial charge in [-0.05, 0) is 42.7 Å². The zero-order valence-corrected chi connectivity index (χ0v) is 11.7. The molecular weight excluding hydrogens is 263 g/mol. The van der Waals surface area contributed by atoms with Gasteiger partial charge in [0.1, 0.15) is 11.6 Å². The number of hydrogen-bond acceptors (Lipinski definition) is 1. The molecule has 2 aromatic carbocycles. The maximum atomic E-state index is 13.8. The molecule has 0 aliphatic heterocycles. The summed E-state index contributed by atoms with van der Waals surface area (Å²) in [4.78, 5) is 0. The number of ether oxygens (including phenoxy) is 1. The quantitative estimate of drug-likeness (QED) is 0.739. The molecule has 1 atom stereocenters. The highest BCUT2D eigenvalue weighted by atomic mass is 35.5. The molecule has 0 radical (unpaired) electrons. The molecule has 1 unspecified atom stereocenters. The number of halogens is 2. The number of hydrogen-bond donors (Lipinski definition) is 0. The molecule has 0 N–H and O–H groups in total. The highest BCUT2D eigenvalue weighted by Crippen LogP contribution is 2.28. The van der Waals surface area contributed by atoms with Crippen molar-refractivity contribution in [3.05, 3.63) is 65.0 Å². The molecule has 0 aromatic heterocycles. The monoisotopic (exact) mass is 278 g/mol. The summed E-state index contributed by atoms with van der Waals surface area (Å²) in [6.45, 7) is 1.86. The minimum absolute atomic E-state index is 0.242. The largest absolute Gasteiger partial charge is 0.497 e. The minimum atomic E-state index is -0.367. The predicted octanol–water partition coefficient (Wildman–Crippen LogP) is 4.67. The van der Waals surface area contributed by atoms with Gasteiger partial charge in [-0.1, -0.05) is 24.3 Å². The van der Waals surface area contributed by atoms with Crippen LogP contribution in [-0.4, -0.2) is 7.11 Å². The second-order valence-corrected chi connectivity index (χ2v) is 5.07. The average molecular weight is 279 g/mol. The average Bonchev–Trinajstić information content (AvgIpc) is 2.39. The molecule has 0 fully saturated rings. The van der Waals surface area contributed by atoms with Gasteiger partial charge in [-0.2, -0.15) is 0 Å². The van der Waals surface area contributed by atoms with Crippen LogP contribution in [0, 0.1) is 12.7 Å². The second-order valence-electron chi connectivity index (χ2n) is 4.54. The van der Waals surface area contributed by atoms with Gasteiger partial charge in [0.2, 0.25) is 0 Å². The third-order valence-electron chi connectivity index (χ3n) is 3.07. The summed E-state index contributed by atoms with van der Waals surface area (Å²) in [5, 5.41) is -0.367. The van der Waals surface area contributed by atoms with E-state index in [2.05, 4.69) is 0 Å². The molecule has 3 heteroatoms. The maximum Gasteiger partial charge on any atom is 0.128 e. The first-order chi connectivity index (χ1) is 9.10. The van der Waals surface area contributed by atoms with Crippen LogP contribution in [0.4, 0.5) is 4.39 Å². The Morgan fingerprint density at radius 3 is 2.42 bits per heavy atom. The van der Waals surface area contributed by atoms with Gasteiger partial charge in [0.15, 0.2) is 0 Å². The molecule has 0 saturated carbocycles. The van der Waals surface area contributed by atoms with Crippen molar-refractivity contribution in [3.63, 3.8) is 0 Å². The highest BCUT2D eigenvalue weighted by Gasteiger charge is 2.13. The Morgan fingerprint density at radius 2 is 1.84 bits per heavy atom. The fourth-order valence-electron chi connectivity index (χ4n) is 1.96. The van der Waals surface area contributed by atoms with Crippen molar-refractivity contribution >= 4 is 11.6 Å². The van der Waals surface area contributed by atoms with E-state index in [4.69, 9.17) is 16.3 Å². The van der Waals surface area contributed by atoms with Crippen LogP contribution in [0.3, 0.4) is 0 Å². The molecule has 0 bridgehead atoms. The van der Waals surface area contributed by atoms with Gasteiger partial charge in [0, 0.05) is 5.56 Å². The van der Waals surface area contributed by atoms with Crippen molar-refractivity contribution in [3.8, 4) is 5.75 Å². The van der Waals surface area contributed by atoms with Crippen LogP contribution < -0.4 is 4.74 Å². The lowest BCUT2D eigenvalue weighted by Crippen LogP contribution is -1.99. The van der Waals surface area contributed by atoms with E-state index in [1.807, 2.05) is 37.3 Å². The number of alkyl halides is 1. The molecule has 1 nitrogen and oxygen atoms in total. The number of rotatable bonds is 4. The molecule has 100 valence electrons. The molecule has 0 amide bonds. The number of benzene rings is 2. The van der Waals surface area contributed by atoms with Gasteiger partial charge in [-0.3, -0.25) is 0 Å². The highest BCUT2D eigenvalue weighted by molar-refractivity contribution is 6.20. The van der Waals surface area contributed by atoms with E-state index in [1.54, 1.807) is 13.2 Å². The second kappa shape index (κ2) is 6.07. The van der Waals surface area contributed by atoms with Crippen molar-refractivity contribution < 1.29 is 9.13 Å². The minimum Gasteiger partial charge on any atom is -0.497 e. The van der Waals surface area contributed by atoms with E-state index in [0.29, 0.717) is 12.0 Å². The third kappa shape index (κ3) is 3.48. The Morgan fingerprint density at radius 1 is 1.16 bits per heavy atom. The van der Waals surface area contributed by atoms with Crippen LogP contribution in [0.1, 0.15) is 22.1 Å². The van der Waals surface area contributed by atoms with Crippen LogP contribution in [0.2, 0.25) is 0 Å². The first-order valence-electron chi connectivity index (χ1n) is 6.13. The van der Waals surface area contributed by atoms with Crippen molar-refractivity contribution in [1.82, 2.24) is 0 Å². The van der Waals surface area contributed by atoms with Gasteiger partial charge in [0.05, 0.1) is 12.5 Å².